The van der Waals surface area contributed by atoms with Crippen LogP contribution in [0.2, 0.25) is 0 Å². The summed E-state index contributed by atoms with van der Waals surface area (Å²) in [7, 11) is 1.96. The molecule has 0 amide bonds. The number of nitrogens with zero attached hydrogens (tertiary/aromatic N) is 3. The lowest BCUT2D eigenvalue weighted by Gasteiger charge is -2.17. The Morgan fingerprint density at radius 1 is 1.39 bits per heavy atom. The van der Waals surface area contributed by atoms with Crippen LogP contribution >= 0.6 is 11.3 Å². The Hall–Kier alpha value is -1.36. The van der Waals surface area contributed by atoms with Gasteiger partial charge >= 0.3 is 0 Å². The Morgan fingerprint density at radius 2 is 2.06 bits per heavy atom. The van der Waals surface area contributed by atoms with Crippen molar-refractivity contribution in [3.63, 3.8) is 0 Å². The fraction of sp³-hybridized carbons (Fsp3) is 0.538. The monoisotopic (exact) mass is 264 g/mol. The van der Waals surface area contributed by atoms with Crippen molar-refractivity contribution in [2.24, 2.45) is 7.05 Å². The molecule has 0 bridgehead atoms. The number of aromatic nitrogens is 3. The summed E-state index contributed by atoms with van der Waals surface area (Å²) in [6, 6.07) is 2.11. The van der Waals surface area contributed by atoms with Gasteiger partial charge in [-0.05, 0) is 13.0 Å². The van der Waals surface area contributed by atoms with Crippen molar-refractivity contribution < 1.29 is 0 Å². The van der Waals surface area contributed by atoms with Gasteiger partial charge in [0.1, 0.15) is 0 Å². The number of anilines is 1. The topological polar surface area (TPSA) is 56.7 Å². The van der Waals surface area contributed by atoms with Crippen LogP contribution in [0.3, 0.4) is 0 Å². The van der Waals surface area contributed by atoms with Gasteiger partial charge in [-0.3, -0.25) is 4.68 Å². The zero-order valence-corrected chi connectivity index (χ0v) is 12.4. The Kier molecular flexibility index (Phi) is 3.19. The van der Waals surface area contributed by atoms with Gasteiger partial charge in [0.2, 0.25) is 0 Å². The molecule has 2 heterocycles. The molecular weight excluding hydrogens is 244 g/mol. The van der Waals surface area contributed by atoms with E-state index >= 15 is 0 Å². The van der Waals surface area contributed by atoms with Crippen LogP contribution in [-0.4, -0.2) is 14.8 Å². The Morgan fingerprint density at radius 3 is 2.56 bits per heavy atom. The average molecular weight is 264 g/mol. The molecule has 0 saturated carbocycles. The van der Waals surface area contributed by atoms with Gasteiger partial charge in [-0.15, -0.1) is 11.3 Å². The van der Waals surface area contributed by atoms with Crippen molar-refractivity contribution in [3.8, 4) is 0 Å². The van der Waals surface area contributed by atoms with Crippen LogP contribution in [0.15, 0.2) is 6.07 Å². The molecule has 0 aromatic carbocycles. The summed E-state index contributed by atoms with van der Waals surface area (Å²) in [6.07, 6.45) is 0.809. The number of hydrogen-bond donors (Lipinski definition) is 1. The average Bonchev–Trinajstić information content (AvgIpc) is 2.71. The molecule has 0 aliphatic heterocycles. The van der Waals surface area contributed by atoms with Gasteiger partial charge in [-0.1, -0.05) is 20.8 Å². The van der Waals surface area contributed by atoms with Gasteiger partial charge < -0.3 is 5.73 Å². The molecule has 18 heavy (non-hydrogen) atoms. The molecule has 2 aromatic rings. The van der Waals surface area contributed by atoms with Crippen molar-refractivity contribution in [2.45, 2.75) is 39.5 Å². The number of rotatable bonds is 2. The zero-order chi connectivity index (χ0) is 13.5. The van der Waals surface area contributed by atoms with Crippen LogP contribution in [-0.2, 0) is 18.9 Å². The highest BCUT2D eigenvalue weighted by molar-refractivity contribution is 7.15. The first kappa shape index (κ1) is 13.1. The van der Waals surface area contributed by atoms with E-state index < -0.39 is 0 Å². The molecule has 4 nitrogen and oxygen atoms in total. The maximum Gasteiger partial charge on any atom is 0.180 e. The summed E-state index contributed by atoms with van der Waals surface area (Å²) in [6.45, 7) is 8.54. The highest BCUT2D eigenvalue weighted by Crippen LogP contribution is 2.32. The summed E-state index contributed by atoms with van der Waals surface area (Å²) in [5.41, 5.74) is 9.20. The summed E-state index contributed by atoms with van der Waals surface area (Å²) in [5.74, 6) is 0. The lowest BCUT2D eigenvalue weighted by molar-refractivity contribution is 0.568. The van der Waals surface area contributed by atoms with Gasteiger partial charge in [0.15, 0.2) is 5.13 Å². The second-order valence-corrected chi connectivity index (χ2v) is 6.77. The van der Waals surface area contributed by atoms with Crippen molar-refractivity contribution in [3.05, 3.63) is 28.0 Å². The Bertz CT molecular complexity index is 541. The van der Waals surface area contributed by atoms with Crippen LogP contribution in [0.25, 0.3) is 0 Å². The van der Waals surface area contributed by atoms with Gasteiger partial charge in [-0.25, -0.2) is 4.98 Å². The molecule has 0 spiro atoms. The van der Waals surface area contributed by atoms with E-state index in [2.05, 4.69) is 43.8 Å². The van der Waals surface area contributed by atoms with E-state index in [-0.39, 0.29) is 5.41 Å². The number of nitrogen functional groups attached to an aromatic ring is 1. The van der Waals surface area contributed by atoms with E-state index in [4.69, 9.17) is 5.73 Å². The largest absolute Gasteiger partial charge is 0.375 e. The molecule has 0 saturated heterocycles. The van der Waals surface area contributed by atoms with Crippen molar-refractivity contribution in [2.75, 3.05) is 5.73 Å². The molecule has 2 aromatic heterocycles. The molecule has 2 rings (SSSR count). The van der Waals surface area contributed by atoms with Crippen LogP contribution in [0.5, 0.6) is 0 Å². The third-order valence-corrected chi connectivity index (χ3v) is 3.81. The minimum Gasteiger partial charge on any atom is -0.375 e. The third kappa shape index (κ3) is 2.56. The summed E-state index contributed by atoms with van der Waals surface area (Å²) < 4.78 is 1.90. The van der Waals surface area contributed by atoms with Gasteiger partial charge in [0, 0.05) is 29.5 Å². The first-order valence-corrected chi connectivity index (χ1v) is 6.84. The number of hydrogen-bond acceptors (Lipinski definition) is 4. The predicted octanol–water partition coefficient (Wildman–Crippen LogP) is 2.66. The van der Waals surface area contributed by atoms with Gasteiger partial charge in [0.05, 0.1) is 11.4 Å². The molecule has 98 valence electrons. The molecule has 0 unspecified atom stereocenters. The van der Waals surface area contributed by atoms with E-state index in [1.165, 1.54) is 10.6 Å². The second kappa shape index (κ2) is 4.39. The van der Waals surface area contributed by atoms with E-state index in [1.807, 2.05) is 11.7 Å². The quantitative estimate of drug-likeness (QED) is 0.907. The van der Waals surface area contributed by atoms with Gasteiger partial charge in [-0.2, -0.15) is 5.10 Å². The second-order valence-electron chi connectivity index (χ2n) is 5.65. The third-order valence-electron chi connectivity index (χ3n) is 2.93. The van der Waals surface area contributed by atoms with Crippen molar-refractivity contribution in [1.82, 2.24) is 14.8 Å². The van der Waals surface area contributed by atoms with Crippen molar-refractivity contribution in [1.29, 1.82) is 0 Å². The van der Waals surface area contributed by atoms with Gasteiger partial charge in [0.25, 0.3) is 0 Å². The van der Waals surface area contributed by atoms with Crippen LogP contribution < -0.4 is 5.73 Å². The number of nitrogens with two attached hydrogens (primary N) is 1. The van der Waals surface area contributed by atoms with Crippen molar-refractivity contribution >= 4 is 16.5 Å². The van der Waals surface area contributed by atoms with Crippen LogP contribution in [0.1, 0.15) is 42.7 Å². The molecular formula is C13H20N4S. The smallest absolute Gasteiger partial charge is 0.180 e. The highest BCUT2D eigenvalue weighted by atomic mass is 32.1. The Balaban J connectivity index is 2.34. The molecule has 0 aliphatic rings. The summed E-state index contributed by atoms with van der Waals surface area (Å²) >= 11 is 1.57. The summed E-state index contributed by atoms with van der Waals surface area (Å²) in [4.78, 5) is 5.69. The lowest BCUT2D eigenvalue weighted by atomic mass is 9.90. The minimum absolute atomic E-state index is 0.0211. The fourth-order valence-electron chi connectivity index (χ4n) is 1.96. The molecule has 0 atom stereocenters. The maximum atomic E-state index is 5.85. The number of aryl methyl sites for hydroxylation is 2. The normalized spacial score (nSPS) is 12.1. The molecule has 0 fully saturated rings. The van der Waals surface area contributed by atoms with E-state index in [0.29, 0.717) is 5.13 Å². The first-order chi connectivity index (χ1) is 8.27. The Labute approximate surface area is 112 Å². The fourth-order valence-corrected chi connectivity index (χ4v) is 3.02. The van der Waals surface area contributed by atoms with E-state index in [1.54, 1.807) is 11.3 Å². The molecule has 2 N–H and O–H groups in total. The SMILES string of the molecule is Cc1cc(Cc2sc(N)nc2C(C)(C)C)nn1C. The minimum atomic E-state index is 0.0211. The molecule has 5 heteroatoms. The molecule has 0 radical (unpaired) electrons. The van der Waals surface area contributed by atoms with E-state index in [9.17, 15) is 0 Å². The highest BCUT2D eigenvalue weighted by Gasteiger charge is 2.23. The standard InChI is InChI=1S/C13H20N4S/c1-8-6-9(16-17(8)5)7-10-11(13(2,3)4)15-12(14)18-10/h6H,7H2,1-5H3,(H2,14,15). The van der Waals surface area contributed by atoms with Crippen LogP contribution in [0, 0.1) is 6.92 Å². The lowest BCUT2D eigenvalue weighted by Crippen LogP contribution is -2.14. The molecule has 0 aliphatic carbocycles. The van der Waals surface area contributed by atoms with E-state index in [0.717, 1.165) is 17.8 Å². The first-order valence-electron chi connectivity index (χ1n) is 6.02. The van der Waals surface area contributed by atoms with Crippen LogP contribution in [0.4, 0.5) is 5.13 Å². The maximum absolute atomic E-state index is 5.85. The summed E-state index contributed by atoms with van der Waals surface area (Å²) in [5, 5.41) is 5.13. The number of thiazole rings is 1. The zero-order valence-electron chi connectivity index (χ0n) is 11.6. The predicted molar refractivity (Wildman–Crippen MR) is 76.0 cm³/mol.